The molecule has 66 valence electrons. The van der Waals surface area contributed by atoms with Gasteiger partial charge in [-0.15, -0.1) is 0 Å². The van der Waals surface area contributed by atoms with Gasteiger partial charge in [-0.05, 0) is 7.05 Å². The van der Waals surface area contributed by atoms with Crippen molar-refractivity contribution in [1.29, 1.82) is 0 Å². The van der Waals surface area contributed by atoms with Crippen molar-refractivity contribution >= 4 is 0 Å². The Kier molecular flexibility index (Phi) is 3.83. The molecule has 2 N–H and O–H groups in total. The van der Waals surface area contributed by atoms with Gasteiger partial charge in [0.05, 0.1) is 6.54 Å². The highest BCUT2D eigenvalue weighted by atomic mass is 15.2. The van der Waals surface area contributed by atoms with Crippen molar-refractivity contribution in [2.75, 3.05) is 46.3 Å². The average Bonchev–Trinajstić information content (AvgIpc) is 2.04. The van der Waals surface area contributed by atoms with E-state index in [1.165, 1.54) is 32.7 Å². The second kappa shape index (κ2) is 4.70. The van der Waals surface area contributed by atoms with Gasteiger partial charge in [0.2, 0.25) is 0 Å². The van der Waals surface area contributed by atoms with Gasteiger partial charge in [-0.1, -0.05) is 0 Å². The number of nitrogens with two attached hydrogens (primary N) is 1. The van der Waals surface area contributed by atoms with Gasteiger partial charge in [-0.2, -0.15) is 7.05 Å². The van der Waals surface area contributed by atoms with Crippen molar-refractivity contribution < 1.29 is 5.32 Å². The molecule has 3 nitrogen and oxygen atoms in total. The van der Waals surface area contributed by atoms with E-state index in [1.54, 1.807) is 0 Å². The molecule has 0 unspecified atom stereocenters. The zero-order chi connectivity index (χ0) is 8.10. The Labute approximate surface area is 69.4 Å². The monoisotopic (exact) mass is 157 g/mol. The zero-order valence-electron chi connectivity index (χ0n) is 7.42. The van der Waals surface area contributed by atoms with E-state index in [-0.39, 0.29) is 0 Å². The normalized spacial score (nSPS) is 22.4. The predicted molar refractivity (Wildman–Crippen MR) is 46.1 cm³/mol. The molecule has 0 aromatic carbocycles. The molecule has 0 bridgehead atoms. The Hall–Kier alpha value is -0.120. The van der Waals surface area contributed by atoms with E-state index in [2.05, 4.69) is 23.9 Å². The molecule has 1 rings (SSSR count). The van der Waals surface area contributed by atoms with Crippen LogP contribution in [0.1, 0.15) is 0 Å². The van der Waals surface area contributed by atoms with Crippen LogP contribution in [0.4, 0.5) is 0 Å². The minimum atomic E-state index is 1.13. The molecule has 0 spiro atoms. The number of hydrogen-bond donors (Lipinski definition) is 1. The first-order chi connectivity index (χ1) is 5.33. The highest BCUT2D eigenvalue weighted by Crippen LogP contribution is 1.96. The highest BCUT2D eigenvalue weighted by molar-refractivity contribution is 4.68. The van der Waals surface area contributed by atoms with Gasteiger partial charge in [0.25, 0.3) is 0 Å². The van der Waals surface area contributed by atoms with Crippen LogP contribution < -0.4 is 5.32 Å². The largest absolute Gasteiger partial charge is 0.478 e. The lowest BCUT2D eigenvalue weighted by Crippen LogP contribution is -2.79. The molecule has 1 fully saturated rings. The second-order valence-corrected chi connectivity index (χ2v) is 3.22. The third kappa shape index (κ3) is 3.18. The Morgan fingerprint density at radius 3 is 2.45 bits per heavy atom. The number of piperazine rings is 1. The van der Waals surface area contributed by atoms with Crippen LogP contribution in [0.15, 0.2) is 0 Å². The predicted octanol–water partition coefficient (Wildman–Crippen LogP) is -1.41. The van der Waals surface area contributed by atoms with Crippen molar-refractivity contribution in [3.63, 3.8) is 0 Å². The van der Waals surface area contributed by atoms with Crippen LogP contribution in [0.3, 0.4) is 0 Å². The molecular formula is C8H19N3. The molecule has 1 heterocycles. The van der Waals surface area contributed by atoms with Gasteiger partial charge >= 0.3 is 0 Å². The number of hydrogen-bond acceptors (Lipinski definition) is 2. The molecule has 0 aliphatic carbocycles. The van der Waals surface area contributed by atoms with E-state index in [0.717, 1.165) is 6.54 Å². The van der Waals surface area contributed by atoms with Crippen LogP contribution in [0, 0.1) is 7.05 Å². The molecule has 0 aromatic rings. The van der Waals surface area contributed by atoms with Crippen molar-refractivity contribution in [2.24, 2.45) is 0 Å². The van der Waals surface area contributed by atoms with Gasteiger partial charge in [0.1, 0.15) is 0 Å². The fraction of sp³-hybridized carbons (Fsp3) is 0.875. The molecule has 0 saturated carbocycles. The van der Waals surface area contributed by atoms with E-state index in [0.29, 0.717) is 0 Å². The van der Waals surface area contributed by atoms with Crippen LogP contribution in [-0.2, 0) is 0 Å². The topological polar surface area (TPSA) is 23.1 Å². The standard InChI is InChI=1S/C8H19N3/c1-9-3-4-11-7-5-10(2)6-8-11/h1,3-9H2,2H3. The van der Waals surface area contributed by atoms with Crippen molar-refractivity contribution in [3.8, 4) is 0 Å². The van der Waals surface area contributed by atoms with Gasteiger partial charge in [0, 0.05) is 32.7 Å². The summed E-state index contributed by atoms with van der Waals surface area (Å²) in [7, 11) is 5.91. The first-order valence-corrected chi connectivity index (χ1v) is 4.34. The third-order valence-corrected chi connectivity index (χ3v) is 2.25. The van der Waals surface area contributed by atoms with Gasteiger partial charge < -0.3 is 10.2 Å². The Morgan fingerprint density at radius 2 is 1.91 bits per heavy atom. The summed E-state index contributed by atoms with van der Waals surface area (Å²) < 4.78 is 0. The molecule has 0 amide bonds. The van der Waals surface area contributed by atoms with Gasteiger partial charge in [-0.25, -0.2) is 0 Å². The molecule has 0 radical (unpaired) electrons. The molecule has 0 aromatic heterocycles. The fourth-order valence-electron chi connectivity index (χ4n) is 1.35. The first kappa shape index (κ1) is 8.97. The van der Waals surface area contributed by atoms with Crippen LogP contribution in [0.2, 0.25) is 0 Å². The number of rotatable bonds is 3. The summed E-state index contributed by atoms with van der Waals surface area (Å²) >= 11 is 0. The lowest BCUT2D eigenvalue weighted by molar-refractivity contribution is -0.595. The summed E-state index contributed by atoms with van der Waals surface area (Å²) in [6.07, 6.45) is 0. The molecule has 1 aliphatic rings. The number of quaternary nitrogens is 1. The molecule has 3 heteroatoms. The Morgan fingerprint density at radius 1 is 1.27 bits per heavy atom. The molecule has 0 atom stereocenters. The molecule has 1 aliphatic heterocycles. The van der Waals surface area contributed by atoms with E-state index in [4.69, 9.17) is 0 Å². The molecular weight excluding hydrogens is 138 g/mol. The maximum atomic E-state index is 3.72. The first-order valence-electron chi connectivity index (χ1n) is 4.34. The van der Waals surface area contributed by atoms with E-state index in [1.807, 2.05) is 5.32 Å². The van der Waals surface area contributed by atoms with Crippen LogP contribution in [-0.4, -0.2) is 56.1 Å². The minimum Gasteiger partial charge on any atom is -0.478 e. The third-order valence-electron chi connectivity index (χ3n) is 2.25. The quantitative estimate of drug-likeness (QED) is 0.509. The zero-order valence-corrected chi connectivity index (χ0v) is 7.42. The average molecular weight is 157 g/mol. The van der Waals surface area contributed by atoms with Crippen LogP contribution >= 0.6 is 0 Å². The second-order valence-electron chi connectivity index (χ2n) is 3.22. The SMILES string of the molecule is [CH2-][NH2+]CCN1CCN(C)CC1. The molecule has 1 saturated heterocycles. The maximum absolute atomic E-state index is 3.72. The lowest BCUT2D eigenvalue weighted by atomic mass is 10.3. The Balaban J connectivity index is 2.07. The van der Waals surface area contributed by atoms with E-state index < -0.39 is 0 Å². The van der Waals surface area contributed by atoms with Crippen LogP contribution in [0.25, 0.3) is 0 Å². The Bertz CT molecular complexity index is 94.8. The maximum Gasteiger partial charge on any atom is 0.0645 e. The van der Waals surface area contributed by atoms with E-state index in [9.17, 15) is 0 Å². The van der Waals surface area contributed by atoms with E-state index >= 15 is 0 Å². The van der Waals surface area contributed by atoms with Crippen molar-refractivity contribution in [1.82, 2.24) is 9.80 Å². The van der Waals surface area contributed by atoms with Crippen LogP contribution in [0.5, 0.6) is 0 Å². The number of likely N-dealkylation sites (N-methyl/N-ethyl adjacent to an activating group) is 1. The summed E-state index contributed by atoms with van der Waals surface area (Å²) in [6, 6.07) is 0. The van der Waals surface area contributed by atoms with Gasteiger partial charge in [0.15, 0.2) is 0 Å². The smallest absolute Gasteiger partial charge is 0.0645 e. The summed E-state index contributed by atoms with van der Waals surface area (Å²) in [4.78, 5) is 4.88. The lowest BCUT2D eigenvalue weighted by Gasteiger charge is -2.31. The summed E-state index contributed by atoms with van der Waals surface area (Å²) in [5.41, 5.74) is 0. The highest BCUT2D eigenvalue weighted by Gasteiger charge is 2.12. The van der Waals surface area contributed by atoms with Crippen molar-refractivity contribution in [3.05, 3.63) is 7.05 Å². The summed E-state index contributed by atoms with van der Waals surface area (Å²) in [6.45, 7) is 7.21. The van der Waals surface area contributed by atoms with Crippen molar-refractivity contribution in [2.45, 2.75) is 0 Å². The minimum absolute atomic E-state index is 1.13. The summed E-state index contributed by atoms with van der Waals surface area (Å²) in [5.74, 6) is 0. The molecule has 11 heavy (non-hydrogen) atoms. The number of nitrogens with zero attached hydrogens (tertiary/aromatic N) is 2. The fourth-order valence-corrected chi connectivity index (χ4v) is 1.35. The van der Waals surface area contributed by atoms with Gasteiger partial charge in [-0.3, -0.25) is 4.90 Å². The summed E-state index contributed by atoms with van der Waals surface area (Å²) in [5, 5.41) is 2.00.